The second-order valence-corrected chi connectivity index (χ2v) is 7.89. The molecule has 0 saturated heterocycles. The molecule has 0 spiro atoms. The van der Waals surface area contributed by atoms with E-state index in [9.17, 15) is 4.79 Å². The fourth-order valence-corrected chi connectivity index (χ4v) is 3.49. The van der Waals surface area contributed by atoms with Gasteiger partial charge in [0.1, 0.15) is 5.75 Å². The Bertz CT molecular complexity index is 1210. The Hall–Kier alpha value is -3.41. The highest BCUT2D eigenvalue weighted by Crippen LogP contribution is 2.27. The Kier molecular flexibility index (Phi) is 5.40. The lowest BCUT2D eigenvalue weighted by atomic mass is 10.1. The Labute approximate surface area is 175 Å². The smallest absolute Gasteiger partial charge is 0.256 e. The topological polar surface area (TPSA) is 69.0 Å². The standard InChI is InChI=1S/C24H26N4O2/c1-5-30-19-9-7-17(8-10-19)24(29)26-22-20-13-18-12-16(4)6-11-21(18)25-23(20)28(27-22)14-15(2)3/h6-13,15H,5,14H2,1-4H3,(H,26,27,29). The molecule has 0 atom stereocenters. The number of carbonyl (C=O) groups is 1. The summed E-state index contributed by atoms with van der Waals surface area (Å²) in [7, 11) is 0. The maximum atomic E-state index is 12.9. The molecule has 30 heavy (non-hydrogen) atoms. The molecule has 2 aromatic heterocycles. The maximum absolute atomic E-state index is 12.9. The van der Waals surface area contributed by atoms with Gasteiger partial charge in [-0.1, -0.05) is 25.5 Å². The van der Waals surface area contributed by atoms with Crippen LogP contribution in [0.15, 0.2) is 48.5 Å². The third-order valence-electron chi connectivity index (χ3n) is 4.87. The van der Waals surface area contributed by atoms with Crippen LogP contribution in [0.2, 0.25) is 0 Å². The fraction of sp³-hybridized carbons (Fsp3) is 0.292. The summed E-state index contributed by atoms with van der Waals surface area (Å²) in [5, 5.41) is 9.53. The zero-order chi connectivity index (χ0) is 21.3. The molecule has 4 rings (SSSR count). The Morgan fingerprint density at radius 1 is 1.13 bits per heavy atom. The SMILES string of the molecule is CCOc1ccc(C(=O)Nc2nn(CC(C)C)c3nc4ccc(C)cc4cc23)cc1. The number of ether oxygens (including phenoxy) is 1. The highest BCUT2D eigenvalue weighted by atomic mass is 16.5. The van der Waals surface area contributed by atoms with E-state index in [1.807, 2.05) is 17.7 Å². The first-order chi connectivity index (χ1) is 14.4. The van der Waals surface area contributed by atoms with E-state index >= 15 is 0 Å². The normalized spacial score (nSPS) is 11.4. The lowest BCUT2D eigenvalue weighted by Crippen LogP contribution is -2.13. The molecule has 0 aliphatic heterocycles. The minimum absolute atomic E-state index is 0.210. The molecular weight excluding hydrogens is 376 g/mol. The summed E-state index contributed by atoms with van der Waals surface area (Å²) in [4.78, 5) is 17.7. The molecule has 1 N–H and O–H groups in total. The van der Waals surface area contributed by atoms with E-state index in [4.69, 9.17) is 9.72 Å². The van der Waals surface area contributed by atoms with Crippen LogP contribution >= 0.6 is 0 Å². The van der Waals surface area contributed by atoms with Crippen LogP contribution in [-0.2, 0) is 6.54 Å². The van der Waals surface area contributed by atoms with Crippen LogP contribution in [0.1, 0.15) is 36.7 Å². The van der Waals surface area contributed by atoms with Crippen molar-refractivity contribution in [2.24, 2.45) is 5.92 Å². The summed E-state index contributed by atoms with van der Waals surface area (Å²) in [6.07, 6.45) is 0. The molecule has 0 bridgehead atoms. The van der Waals surface area contributed by atoms with Gasteiger partial charge in [0.05, 0.1) is 17.5 Å². The van der Waals surface area contributed by atoms with Crippen LogP contribution in [0.25, 0.3) is 21.9 Å². The van der Waals surface area contributed by atoms with Crippen LogP contribution in [0, 0.1) is 12.8 Å². The molecule has 0 aliphatic carbocycles. The number of hydrogen-bond acceptors (Lipinski definition) is 4. The summed E-state index contributed by atoms with van der Waals surface area (Å²) in [6, 6.07) is 15.3. The van der Waals surface area contributed by atoms with Gasteiger partial charge < -0.3 is 10.1 Å². The van der Waals surface area contributed by atoms with Gasteiger partial charge in [-0.25, -0.2) is 9.67 Å². The Balaban J connectivity index is 1.74. The molecule has 6 heteroatoms. The molecular formula is C24H26N4O2. The summed E-state index contributed by atoms with van der Waals surface area (Å²) < 4.78 is 7.33. The largest absolute Gasteiger partial charge is 0.494 e. The number of anilines is 1. The number of benzene rings is 2. The summed E-state index contributed by atoms with van der Waals surface area (Å²) >= 11 is 0. The first kappa shape index (κ1) is 19.9. The van der Waals surface area contributed by atoms with Crippen LogP contribution in [0.4, 0.5) is 5.82 Å². The Morgan fingerprint density at radius 2 is 1.90 bits per heavy atom. The van der Waals surface area contributed by atoms with E-state index in [0.29, 0.717) is 23.9 Å². The number of hydrogen-bond donors (Lipinski definition) is 1. The van der Waals surface area contributed by atoms with Gasteiger partial charge >= 0.3 is 0 Å². The molecule has 0 saturated carbocycles. The van der Waals surface area contributed by atoms with E-state index in [1.54, 1.807) is 24.3 Å². The van der Waals surface area contributed by atoms with Gasteiger partial charge in [0.2, 0.25) is 0 Å². The number of aryl methyl sites for hydroxylation is 1. The molecule has 6 nitrogen and oxygen atoms in total. The number of nitrogens with zero attached hydrogens (tertiary/aromatic N) is 3. The number of fused-ring (bicyclic) bond motifs is 2. The van der Waals surface area contributed by atoms with E-state index in [2.05, 4.69) is 49.4 Å². The molecule has 0 fully saturated rings. The highest BCUT2D eigenvalue weighted by Gasteiger charge is 2.17. The molecule has 2 heterocycles. The number of aromatic nitrogens is 3. The van der Waals surface area contributed by atoms with Crippen molar-refractivity contribution >= 4 is 33.7 Å². The number of pyridine rings is 1. The van der Waals surface area contributed by atoms with E-state index < -0.39 is 0 Å². The second kappa shape index (κ2) is 8.14. The lowest BCUT2D eigenvalue weighted by molar-refractivity contribution is 0.102. The number of nitrogens with one attached hydrogen (secondary N) is 1. The van der Waals surface area contributed by atoms with Crippen molar-refractivity contribution in [2.75, 3.05) is 11.9 Å². The molecule has 0 unspecified atom stereocenters. The predicted molar refractivity (Wildman–Crippen MR) is 120 cm³/mol. The molecule has 0 aliphatic rings. The maximum Gasteiger partial charge on any atom is 0.256 e. The van der Waals surface area contributed by atoms with Gasteiger partial charge in [-0.05, 0) is 62.2 Å². The van der Waals surface area contributed by atoms with Crippen LogP contribution in [0.3, 0.4) is 0 Å². The minimum Gasteiger partial charge on any atom is -0.494 e. The number of rotatable bonds is 6. The van der Waals surface area contributed by atoms with Gasteiger partial charge in [0, 0.05) is 17.5 Å². The Morgan fingerprint density at radius 3 is 2.60 bits per heavy atom. The van der Waals surface area contributed by atoms with Crippen molar-refractivity contribution in [2.45, 2.75) is 34.2 Å². The van der Waals surface area contributed by atoms with Gasteiger partial charge in [-0.15, -0.1) is 0 Å². The highest BCUT2D eigenvalue weighted by molar-refractivity contribution is 6.08. The average molecular weight is 402 g/mol. The average Bonchev–Trinajstić information content (AvgIpc) is 3.02. The van der Waals surface area contributed by atoms with Crippen LogP contribution in [-0.4, -0.2) is 27.3 Å². The zero-order valence-corrected chi connectivity index (χ0v) is 17.8. The van der Waals surface area contributed by atoms with Gasteiger partial charge in [-0.3, -0.25) is 4.79 Å². The molecule has 4 aromatic rings. The van der Waals surface area contributed by atoms with Crippen molar-refractivity contribution < 1.29 is 9.53 Å². The summed E-state index contributed by atoms with van der Waals surface area (Å²) in [6.45, 7) is 9.57. The second-order valence-electron chi connectivity index (χ2n) is 7.89. The first-order valence-electron chi connectivity index (χ1n) is 10.3. The summed E-state index contributed by atoms with van der Waals surface area (Å²) in [5.41, 5.74) is 3.41. The van der Waals surface area contributed by atoms with Crippen molar-refractivity contribution in [3.05, 3.63) is 59.7 Å². The van der Waals surface area contributed by atoms with Gasteiger partial charge in [0.15, 0.2) is 11.5 Å². The van der Waals surface area contributed by atoms with Gasteiger partial charge in [0.25, 0.3) is 5.91 Å². The summed E-state index contributed by atoms with van der Waals surface area (Å²) in [5.74, 6) is 1.46. The van der Waals surface area contributed by atoms with Crippen LogP contribution < -0.4 is 10.1 Å². The van der Waals surface area contributed by atoms with Crippen molar-refractivity contribution in [3.63, 3.8) is 0 Å². The lowest BCUT2D eigenvalue weighted by Gasteiger charge is -2.06. The van der Waals surface area contributed by atoms with Crippen molar-refractivity contribution in [3.8, 4) is 5.75 Å². The quantitative estimate of drug-likeness (QED) is 0.481. The molecule has 0 radical (unpaired) electrons. The fourth-order valence-electron chi connectivity index (χ4n) is 3.49. The number of carbonyl (C=O) groups excluding carboxylic acids is 1. The van der Waals surface area contributed by atoms with Crippen molar-refractivity contribution in [1.29, 1.82) is 0 Å². The third-order valence-corrected chi connectivity index (χ3v) is 4.87. The number of amides is 1. The molecule has 1 amide bonds. The zero-order valence-electron chi connectivity index (χ0n) is 17.8. The monoisotopic (exact) mass is 402 g/mol. The van der Waals surface area contributed by atoms with Crippen molar-refractivity contribution in [1.82, 2.24) is 14.8 Å². The molecule has 154 valence electrons. The third kappa shape index (κ3) is 3.99. The first-order valence-corrected chi connectivity index (χ1v) is 10.3. The predicted octanol–water partition coefficient (Wildman–Crippen LogP) is 5.20. The van der Waals surface area contributed by atoms with Crippen LogP contribution in [0.5, 0.6) is 5.75 Å². The van der Waals surface area contributed by atoms with Gasteiger partial charge in [-0.2, -0.15) is 5.10 Å². The van der Waals surface area contributed by atoms with E-state index in [0.717, 1.165) is 39.8 Å². The van der Waals surface area contributed by atoms with E-state index in [-0.39, 0.29) is 5.91 Å². The molecule has 2 aromatic carbocycles. The minimum atomic E-state index is -0.210. The van der Waals surface area contributed by atoms with E-state index in [1.165, 1.54) is 0 Å².